The summed E-state index contributed by atoms with van der Waals surface area (Å²) in [7, 11) is 0. The molecule has 1 atom stereocenters. The van der Waals surface area contributed by atoms with Crippen molar-refractivity contribution >= 4 is 35.1 Å². The highest BCUT2D eigenvalue weighted by Gasteiger charge is 2.41. The third kappa shape index (κ3) is 3.07. The SMILES string of the molecule is C[C@@]1(C(=O)O)CCN(C(=O)Cc2ccc(Cl)c(Cl)c2)C1. The average molecular weight is 316 g/mol. The van der Waals surface area contributed by atoms with E-state index < -0.39 is 11.4 Å². The van der Waals surface area contributed by atoms with Crippen LogP contribution in [-0.2, 0) is 16.0 Å². The molecule has 4 nitrogen and oxygen atoms in total. The Morgan fingerprint density at radius 1 is 1.35 bits per heavy atom. The molecule has 0 unspecified atom stereocenters. The van der Waals surface area contributed by atoms with Crippen LogP contribution in [0, 0.1) is 5.41 Å². The molecule has 1 saturated heterocycles. The lowest BCUT2D eigenvalue weighted by molar-refractivity contribution is -0.147. The van der Waals surface area contributed by atoms with Gasteiger partial charge in [0.1, 0.15) is 0 Å². The van der Waals surface area contributed by atoms with Crippen molar-refractivity contribution in [3.05, 3.63) is 33.8 Å². The van der Waals surface area contributed by atoms with E-state index in [-0.39, 0.29) is 18.9 Å². The molecule has 6 heteroatoms. The number of halogens is 2. The maximum absolute atomic E-state index is 12.2. The Labute approximate surface area is 127 Å². The molecule has 1 heterocycles. The summed E-state index contributed by atoms with van der Waals surface area (Å²) in [6.07, 6.45) is 0.683. The van der Waals surface area contributed by atoms with E-state index in [1.165, 1.54) is 0 Å². The molecule has 1 aromatic rings. The Morgan fingerprint density at radius 3 is 2.60 bits per heavy atom. The highest BCUT2D eigenvalue weighted by atomic mass is 35.5. The van der Waals surface area contributed by atoms with Crippen LogP contribution in [0.5, 0.6) is 0 Å². The van der Waals surface area contributed by atoms with E-state index in [1.54, 1.807) is 30.0 Å². The molecule has 108 valence electrons. The van der Waals surface area contributed by atoms with Crippen LogP contribution in [-0.4, -0.2) is 35.0 Å². The number of carboxylic acids is 1. The van der Waals surface area contributed by atoms with Crippen LogP contribution in [0.1, 0.15) is 18.9 Å². The molecule has 0 saturated carbocycles. The Morgan fingerprint density at radius 2 is 2.05 bits per heavy atom. The van der Waals surface area contributed by atoms with E-state index in [4.69, 9.17) is 28.3 Å². The van der Waals surface area contributed by atoms with Gasteiger partial charge in [0.05, 0.1) is 21.9 Å². The van der Waals surface area contributed by atoms with Gasteiger partial charge in [0.2, 0.25) is 5.91 Å². The van der Waals surface area contributed by atoms with Crippen LogP contribution in [0.15, 0.2) is 18.2 Å². The van der Waals surface area contributed by atoms with Crippen molar-refractivity contribution in [3.8, 4) is 0 Å². The van der Waals surface area contributed by atoms with E-state index in [0.29, 0.717) is 23.0 Å². The average Bonchev–Trinajstić information content (AvgIpc) is 2.78. The fourth-order valence-electron chi connectivity index (χ4n) is 2.28. The number of likely N-dealkylation sites (tertiary alicyclic amines) is 1. The van der Waals surface area contributed by atoms with Crippen LogP contribution in [0.25, 0.3) is 0 Å². The summed E-state index contributed by atoms with van der Waals surface area (Å²) < 4.78 is 0. The molecule has 0 aromatic heterocycles. The smallest absolute Gasteiger partial charge is 0.311 e. The first-order valence-electron chi connectivity index (χ1n) is 6.27. The lowest BCUT2D eigenvalue weighted by Crippen LogP contribution is -2.35. The quantitative estimate of drug-likeness (QED) is 0.933. The second-order valence-corrected chi connectivity index (χ2v) is 6.17. The van der Waals surface area contributed by atoms with Crippen LogP contribution < -0.4 is 0 Å². The lowest BCUT2D eigenvalue weighted by atomic mass is 9.90. The molecule has 1 N–H and O–H groups in total. The van der Waals surface area contributed by atoms with Gasteiger partial charge in [-0.2, -0.15) is 0 Å². The maximum Gasteiger partial charge on any atom is 0.311 e. The van der Waals surface area contributed by atoms with Gasteiger partial charge < -0.3 is 10.0 Å². The standard InChI is InChI=1S/C14H15Cl2NO3/c1-14(13(19)20)4-5-17(8-14)12(18)7-9-2-3-10(15)11(16)6-9/h2-3,6H,4-5,7-8H2,1H3,(H,19,20)/t14-/m1/s1. The number of nitrogens with zero attached hydrogens (tertiary/aromatic N) is 1. The van der Waals surface area contributed by atoms with Crippen LogP contribution in [0.3, 0.4) is 0 Å². The van der Waals surface area contributed by atoms with Gasteiger partial charge in [-0.05, 0) is 31.0 Å². The molecular formula is C14H15Cl2NO3. The van der Waals surface area contributed by atoms with Crippen LogP contribution in [0.4, 0.5) is 0 Å². The topological polar surface area (TPSA) is 57.6 Å². The number of hydrogen-bond acceptors (Lipinski definition) is 2. The number of benzene rings is 1. The third-order valence-electron chi connectivity index (χ3n) is 3.68. The largest absolute Gasteiger partial charge is 0.481 e. The van der Waals surface area contributed by atoms with Gasteiger partial charge in [-0.15, -0.1) is 0 Å². The highest BCUT2D eigenvalue weighted by molar-refractivity contribution is 6.42. The number of rotatable bonds is 3. The molecule has 1 aliphatic heterocycles. The molecule has 1 aromatic carbocycles. The number of carboxylic acid groups (broad SMARTS) is 1. The second kappa shape index (κ2) is 5.62. The van der Waals surface area contributed by atoms with Gasteiger partial charge in [0, 0.05) is 13.1 Å². The number of amides is 1. The predicted octanol–water partition coefficient (Wildman–Crippen LogP) is 2.86. The van der Waals surface area contributed by atoms with Crippen molar-refractivity contribution in [2.24, 2.45) is 5.41 Å². The highest BCUT2D eigenvalue weighted by Crippen LogP contribution is 2.30. The minimum absolute atomic E-state index is 0.0895. The van der Waals surface area contributed by atoms with Crippen molar-refractivity contribution in [3.63, 3.8) is 0 Å². The molecule has 0 bridgehead atoms. The van der Waals surface area contributed by atoms with Crippen molar-refractivity contribution < 1.29 is 14.7 Å². The van der Waals surface area contributed by atoms with E-state index in [9.17, 15) is 9.59 Å². The van der Waals surface area contributed by atoms with E-state index in [2.05, 4.69) is 0 Å². The van der Waals surface area contributed by atoms with Crippen molar-refractivity contribution in [2.45, 2.75) is 19.8 Å². The first kappa shape index (κ1) is 15.1. The molecule has 0 radical (unpaired) electrons. The fraction of sp³-hybridized carbons (Fsp3) is 0.429. The molecule has 1 fully saturated rings. The van der Waals surface area contributed by atoms with Crippen molar-refractivity contribution in [1.29, 1.82) is 0 Å². The minimum Gasteiger partial charge on any atom is -0.481 e. The molecule has 1 aliphatic rings. The summed E-state index contributed by atoms with van der Waals surface area (Å²) in [5.74, 6) is -0.948. The number of carbonyl (C=O) groups excluding carboxylic acids is 1. The zero-order valence-electron chi connectivity index (χ0n) is 11.0. The summed E-state index contributed by atoms with van der Waals surface area (Å²) in [6.45, 7) is 2.40. The maximum atomic E-state index is 12.2. The van der Waals surface area contributed by atoms with Gasteiger partial charge in [-0.3, -0.25) is 9.59 Å². The normalized spacial score (nSPS) is 22.1. The first-order valence-corrected chi connectivity index (χ1v) is 7.02. The predicted molar refractivity (Wildman–Crippen MR) is 77.1 cm³/mol. The van der Waals surface area contributed by atoms with E-state index in [0.717, 1.165) is 5.56 Å². The molecular weight excluding hydrogens is 301 g/mol. The van der Waals surface area contributed by atoms with Gasteiger partial charge in [0.15, 0.2) is 0 Å². The first-order chi connectivity index (χ1) is 9.32. The monoisotopic (exact) mass is 315 g/mol. The Bertz CT molecular complexity index is 561. The van der Waals surface area contributed by atoms with Gasteiger partial charge in [-0.25, -0.2) is 0 Å². The minimum atomic E-state index is -0.859. The molecule has 20 heavy (non-hydrogen) atoms. The third-order valence-corrected chi connectivity index (χ3v) is 4.42. The van der Waals surface area contributed by atoms with E-state index in [1.807, 2.05) is 0 Å². The van der Waals surface area contributed by atoms with Gasteiger partial charge >= 0.3 is 5.97 Å². The lowest BCUT2D eigenvalue weighted by Gasteiger charge is -2.20. The zero-order valence-corrected chi connectivity index (χ0v) is 12.5. The zero-order chi connectivity index (χ0) is 14.9. The summed E-state index contributed by atoms with van der Waals surface area (Å²) in [4.78, 5) is 24.9. The van der Waals surface area contributed by atoms with Gasteiger partial charge in [0.25, 0.3) is 0 Å². The molecule has 1 amide bonds. The number of aliphatic carboxylic acids is 1. The van der Waals surface area contributed by atoms with E-state index >= 15 is 0 Å². The van der Waals surface area contributed by atoms with Crippen molar-refractivity contribution in [1.82, 2.24) is 4.90 Å². The fourth-order valence-corrected chi connectivity index (χ4v) is 2.61. The Hall–Kier alpha value is -1.26. The molecule has 0 spiro atoms. The summed E-state index contributed by atoms with van der Waals surface area (Å²) in [5, 5.41) is 10.0. The second-order valence-electron chi connectivity index (χ2n) is 5.36. The number of hydrogen-bond donors (Lipinski definition) is 1. The Kier molecular flexibility index (Phi) is 4.25. The van der Waals surface area contributed by atoms with Crippen LogP contribution in [0.2, 0.25) is 10.0 Å². The summed E-state index contributed by atoms with van der Waals surface area (Å²) >= 11 is 11.7. The van der Waals surface area contributed by atoms with Crippen LogP contribution >= 0.6 is 23.2 Å². The molecule has 2 rings (SSSR count). The number of carbonyl (C=O) groups is 2. The Balaban J connectivity index is 2.03. The van der Waals surface area contributed by atoms with Gasteiger partial charge in [-0.1, -0.05) is 29.3 Å². The summed E-state index contributed by atoms with van der Waals surface area (Å²) in [5.41, 5.74) is -0.0684. The van der Waals surface area contributed by atoms with Crippen molar-refractivity contribution in [2.75, 3.05) is 13.1 Å². The summed E-state index contributed by atoms with van der Waals surface area (Å²) in [6, 6.07) is 5.06. The molecule has 0 aliphatic carbocycles.